The van der Waals surface area contributed by atoms with Crippen molar-refractivity contribution in [2.75, 3.05) is 19.6 Å². The number of nitrogens with one attached hydrogen (secondary N) is 1. The molecular formula is C19H19NO4S. The van der Waals surface area contributed by atoms with E-state index in [-0.39, 0.29) is 19.2 Å². The lowest BCUT2D eigenvalue weighted by molar-refractivity contribution is -0.116. The maximum absolute atomic E-state index is 11.9. The van der Waals surface area contributed by atoms with Gasteiger partial charge in [0.15, 0.2) is 11.5 Å². The van der Waals surface area contributed by atoms with Crippen LogP contribution in [0.4, 0.5) is 0 Å². The minimum absolute atomic E-state index is 0.156. The molecule has 1 aliphatic rings. The van der Waals surface area contributed by atoms with Crippen LogP contribution in [0.3, 0.4) is 0 Å². The smallest absolute Gasteiger partial charge is 0.244 e. The van der Waals surface area contributed by atoms with E-state index in [0.29, 0.717) is 11.5 Å². The van der Waals surface area contributed by atoms with E-state index in [1.807, 2.05) is 48.7 Å². The number of carbonyl (C=O) groups excluding carboxylic acids is 1. The summed E-state index contributed by atoms with van der Waals surface area (Å²) in [4.78, 5) is 13.0. The summed E-state index contributed by atoms with van der Waals surface area (Å²) < 4.78 is 10.5. The van der Waals surface area contributed by atoms with Gasteiger partial charge in [0.05, 0.1) is 6.10 Å². The molecule has 0 bridgehead atoms. The highest BCUT2D eigenvalue weighted by molar-refractivity contribution is 7.98. The second-order valence-electron chi connectivity index (χ2n) is 5.48. The first-order valence-electron chi connectivity index (χ1n) is 7.83. The lowest BCUT2D eigenvalue weighted by atomic mass is 10.1. The Morgan fingerprint density at radius 3 is 2.76 bits per heavy atom. The summed E-state index contributed by atoms with van der Waals surface area (Å²) in [5.41, 5.74) is 1.62. The fourth-order valence-electron chi connectivity index (χ4n) is 2.39. The van der Waals surface area contributed by atoms with E-state index in [4.69, 9.17) is 9.47 Å². The molecule has 0 unspecified atom stereocenters. The fraction of sp³-hybridized carbons (Fsp3) is 0.211. The number of amides is 1. The highest BCUT2D eigenvalue weighted by atomic mass is 32.2. The number of benzene rings is 2. The summed E-state index contributed by atoms with van der Waals surface area (Å²) in [6.07, 6.45) is 4.38. The van der Waals surface area contributed by atoms with Crippen LogP contribution in [0.2, 0.25) is 0 Å². The Bertz CT molecular complexity index is 773. The third-order valence-corrected chi connectivity index (χ3v) is 4.54. The molecule has 0 fully saturated rings. The SMILES string of the molecule is CSc1ccc([C@@H](O)CNC(=O)/C=C/c2ccc3c(c2)OCO3)cc1. The van der Waals surface area contributed by atoms with E-state index in [1.54, 1.807) is 17.8 Å². The number of aliphatic hydroxyl groups excluding tert-OH is 1. The summed E-state index contributed by atoms with van der Waals surface area (Å²) in [6, 6.07) is 13.1. The molecule has 2 aromatic rings. The van der Waals surface area contributed by atoms with Crippen LogP contribution in [0.25, 0.3) is 6.08 Å². The van der Waals surface area contributed by atoms with Crippen molar-refractivity contribution < 1.29 is 19.4 Å². The van der Waals surface area contributed by atoms with Gasteiger partial charge in [0, 0.05) is 17.5 Å². The van der Waals surface area contributed by atoms with Crippen molar-refractivity contribution in [2.24, 2.45) is 0 Å². The first-order valence-corrected chi connectivity index (χ1v) is 9.06. The molecule has 2 aromatic carbocycles. The van der Waals surface area contributed by atoms with E-state index >= 15 is 0 Å². The Hall–Kier alpha value is -2.44. The zero-order valence-electron chi connectivity index (χ0n) is 13.8. The van der Waals surface area contributed by atoms with Gasteiger partial charge in [0.2, 0.25) is 12.7 Å². The molecule has 1 heterocycles. The van der Waals surface area contributed by atoms with Crippen molar-refractivity contribution >= 4 is 23.7 Å². The lowest BCUT2D eigenvalue weighted by Gasteiger charge is -2.11. The van der Waals surface area contributed by atoms with Gasteiger partial charge in [-0.1, -0.05) is 18.2 Å². The zero-order chi connectivity index (χ0) is 17.6. The fourth-order valence-corrected chi connectivity index (χ4v) is 2.80. The van der Waals surface area contributed by atoms with Gasteiger partial charge in [-0.05, 0) is 47.7 Å². The van der Waals surface area contributed by atoms with Crippen LogP contribution in [-0.4, -0.2) is 30.6 Å². The number of fused-ring (bicyclic) bond motifs is 1. The van der Waals surface area contributed by atoms with Crippen LogP contribution in [0.5, 0.6) is 11.5 Å². The molecule has 0 radical (unpaired) electrons. The van der Waals surface area contributed by atoms with Gasteiger partial charge < -0.3 is 19.9 Å². The summed E-state index contributed by atoms with van der Waals surface area (Å²) >= 11 is 1.64. The van der Waals surface area contributed by atoms with Crippen molar-refractivity contribution in [1.82, 2.24) is 5.32 Å². The maximum atomic E-state index is 11.9. The lowest BCUT2D eigenvalue weighted by Crippen LogP contribution is -2.26. The predicted octanol–water partition coefficient (Wildman–Crippen LogP) is 3.00. The van der Waals surface area contributed by atoms with Crippen LogP contribution >= 0.6 is 11.8 Å². The van der Waals surface area contributed by atoms with Crippen molar-refractivity contribution in [3.8, 4) is 11.5 Å². The molecule has 0 aliphatic carbocycles. The highest BCUT2D eigenvalue weighted by Gasteiger charge is 2.12. The van der Waals surface area contributed by atoms with E-state index in [2.05, 4.69) is 5.32 Å². The number of carbonyl (C=O) groups is 1. The Balaban J connectivity index is 1.51. The van der Waals surface area contributed by atoms with E-state index < -0.39 is 6.10 Å². The Morgan fingerprint density at radius 2 is 2.00 bits per heavy atom. The Labute approximate surface area is 150 Å². The van der Waals surface area contributed by atoms with Gasteiger partial charge >= 0.3 is 0 Å². The highest BCUT2D eigenvalue weighted by Crippen LogP contribution is 2.32. The van der Waals surface area contributed by atoms with Crippen LogP contribution in [0.1, 0.15) is 17.2 Å². The van der Waals surface area contributed by atoms with Gasteiger partial charge in [-0.25, -0.2) is 0 Å². The first-order chi connectivity index (χ1) is 12.2. The van der Waals surface area contributed by atoms with Gasteiger partial charge in [0.25, 0.3) is 0 Å². The Morgan fingerprint density at radius 1 is 1.24 bits per heavy atom. The molecule has 6 heteroatoms. The van der Waals surface area contributed by atoms with Crippen molar-refractivity contribution in [1.29, 1.82) is 0 Å². The first kappa shape index (κ1) is 17.4. The molecule has 0 spiro atoms. The maximum Gasteiger partial charge on any atom is 0.244 e. The monoisotopic (exact) mass is 357 g/mol. The van der Waals surface area contributed by atoms with E-state index in [1.165, 1.54) is 6.08 Å². The molecule has 1 aliphatic heterocycles. The molecule has 0 saturated heterocycles. The molecule has 5 nitrogen and oxygen atoms in total. The third kappa shape index (κ3) is 4.55. The minimum Gasteiger partial charge on any atom is -0.454 e. The summed E-state index contributed by atoms with van der Waals surface area (Å²) in [6.45, 7) is 0.377. The summed E-state index contributed by atoms with van der Waals surface area (Å²) in [7, 11) is 0. The zero-order valence-corrected chi connectivity index (χ0v) is 14.6. The summed E-state index contributed by atoms with van der Waals surface area (Å²) in [5, 5.41) is 12.8. The normalized spacial score (nSPS) is 13.8. The third-order valence-electron chi connectivity index (χ3n) is 3.79. The predicted molar refractivity (Wildman–Crippen MR) is 97.8 cm³/mol. The van der Waals surface area contributed by atoms with Gasteiger partial charge in [0.1, 0.15) is 0 Å². The van der Waals surface area contributed by atoms with Crippen LogP contribution in [0.15, 0.2) is 53.4 Å². The molecule has 0 aromatic heterocycles. The molecule has 0 saturated carbocycles. The standard InChI is InChI=1S/C19H19NO4S/c1-25-15-6-4-14(5-7-15)16(21)11-20-19(22)9-3-13-2-8-17-18(10-13)24-12-23-17/h2-10,16,21H,11-12H2,1H3,(H,20,22)/b9-3+/t16-/m0/s1. The molecular weight excluding hydrogens is 338 g/mol. The van der Waals surface area contributed by atoms with Crippen molar-refractivity contribution in [2.45, 2.75) is 11.0 Å². The van der Waals surface area contributed by atoms with Gasteiger partial charge in [-0.3, -0.25) is 4.79 Å². The topological polar surface area (TPSA) is 67.8 Å². The molecule has 1 atom stereocenters. The van der Waals surface area contributed by atoms with E-state index in [9.17, 15) is 9.90 Å². The van der Waals surface area contributed by atoms with Crippen molar-refractivity contribution in [3.63, 3.8) is 0 Å². The molecule has 25 heavy (non-hydrogen) atoms. The number of hydrogen-bond donors (Lipinski definition) is 2. The average Bonchev–Trinajstić information content (AvgIpc) is 3.12. The van der Waals surface area contributed by atoms with Crippen LogP contribution in [-0.2, 0) is 4.79 Å². The molecule has 2 N–H and O–H groups in total. The number of thioether (sulfide) groups is 1. The van der Waals surface area contributed by atoms with Gasteiger partial charge in [-0.15, -0.1) is 11.8 Å². The van der Waals surface area contributed by atoms with Gasteiger partial charge in [-0.2, -0.15) is 0 Å². The van der Waals surface area contributed by atoms with Crippen LogP contribution in [0, 0.1) is 0 Å². The quantitative estimate of drug-likeness (QED) is 0.614. The minimum atomic E-state index is -0.737. The largest absolute Gasteiger partial charge is 0.454 e. The molecule has 130 valence electrons. The number of hydrogen-bond acceptors (Lipinski definition) is 5. The Kier molecular flexibility index (Phi) is 5.63. The second-order valence-corrected chi connectivity index (χ2v) is 6.36. The summed E-state index contributed by atoms with van der Waals surface area (Å²) in [5.74, 6) is 1.11. The average molecular weight is 357 g/mol. The van der Waals surface area contributed by atoms with Crippen molar-refractivity contribution in [3.05, 3.63) is 59.7 Å². The number of aliphatic hydroxyl groups is 1. The second kappa shape index (κ2) is 8.09. The molecule has 3 rings (SSSR count). The van der Waals surface area contributed by atoms with Crippen LogP contribution < -0.4 is 14.8 Å². The molecule has 1 amide bonds. The number of ether oxygens (including phenoxy) is 2. The van der Waals surface area contributed by atoms with E-state index in [0.717, 1.165) is 16.0 Å². The number of rotatable bonds is 6.